The first-order chi connectivity index (χ1) is 29.1. The Morgan fingerprint density at radius 1 is 0.567 bits per heavy atom. The van der Waals surface area contributed by atoms with Crippen molar-refractivity contribution in [2.75, 3.05) is 33.0 Å². The summed E-state index contributed by atoms with van der Waals surface area (Å²) in [6, 6.07) is 0. The summed E-state index contributed by atoms with van der Waals surface area (Å²) < 4.78 is 34.0. The van der Waals surface area contributed by atoms with Crippen molar-refractivity contribution < 1.29 is 69.0 Å². The molecule has 2 saturated heterocycles. The fourth-order valence-electron chi connectivity index (χ4n) is 6.58. The van der Waals surface area contributed by atoms with Gasteiger partial charge in [0.15, 0.2) is 12.6 Å². The summed E-state index contributed by atoms with van der Waals surface area (Å²) in [6.07, 6.45) is 21.7. The lowest BCUT2D eigenvalue weighted by Crippen LogP contribution is -2.61. The topological polar surface area (TPSA) is 214 Å². The minimum Gasteiger partial charge on any atom is -0.457 e. The van der Waals surface area contributed by atoms with Crippen LogP contribution in [0.15, 0.2) is 60.8 Å². The maximum Gasteiger partial charge on any atom is 0.306 e. The van der Waals surface area contributed by atoms with Gasteiger partial charge in [0, 0.05) is 13.0 Å². The van der Waals surface area contributed by atoms with Crippen molar-refractivity contribution in [1.29, 1.82) is 0 Å². The highest BCUT2D eigenvalue weighted by Gasteiger charge is 2.47. The summed E-state index contributed by atoms with van der Waals surface area (Å²) in [6.45, 7) is 3.40. The van der Waals surface area contributed by atoms with Crippen LogP contribution >= 0.6 is 0 Å². The molecule has 0 radical (unpaired) electrons. The monoisotopic (exact) mass is 855 g/mol. The van der Waals surface area contributed by atoms with E-state index in [4.69, 9.17) is 28.4 Å². The van der Waals surface area contributed by atoms with Crippen LogP contribution < -0.4 is 0 Å². The predicted octanol–water partition coefficient (Wildman–Crippen LogP) is 5.01. The SMILES string of the molecule is CC/C=C\C/C=C\C/C=C\C/C=C\CCC(=O)OC(COCCCCCCCC/C=C\CCCCC)COC1OC(COC2OC(CO)C(O)C(O)C2O)C(O)C(O)C1O. The van der Waals surface area contributed by atoms with Crippen LogP contribution in [0.1, 0.15) is 123 Å². The summed E-state index contributed by atoms with van der Waals surface area (Å²) >= 11 is 0. The molecule has 14 nitrogen and oxygen atoms in total. The van der Waals surface area contributed by atoms with E-state index >= 15 is 0 Å². The van der Waals surface area contributed by atoms with Gasteiger partial charge in [-0.3, -0.25) is 4.79 Å². The Kier molecular flexibility index (Phi) is 30.7. The number of aliphatic hydroxyl groups excluding tert-OH is 7. The lowest BCUT2D eigenvalue weighted by atomic mass is 9.98. The van der Waals surface area contributed by atoms with Crippen molar-refractivity contribution in [3.63, 3.8) is 0 Å². The molecule has 0 aromatic carbocycles. The molecule has 0 spiro atoms. The second kappa shape index (κ2) is 34.2. The molecule has 0 aliphatic carbocycles. The quantitative estimate of drug-likeness (QED) is 0.0263. The average Bonchev–Trinajstić information content (AvgIpc) is 3.24. The number of unbranched alkanes of at least 4 members (excludes halogenated alkanes) is 9. The molecule has 0 bridgehead atoms. The minimum atomic E-state index is -1.72. The lowest BCUT2D eigenvalue weighted by Gasteiger charge is -2.42. The summed E-state index contributed by atoms with van der Waals surface area (Å²) in [7, 11) is 0. The van der Waals surface area contributed by atoms with Gasteiger partial charge < -0.3 is 64.2 Å². The third-order valence-electron chi connectivity index (χ3n) is 10.3. The minimum absolute atomic E-state index is 0.0257. The predicted molar refractivity (Wildman–Crippen MR) is 229 cm³/mol. The summed E-state index contributed by atoms with van der Waals surface area (Å²) in [5.74, 6) is -0.461. The number of carbonyl (C=O) groups is 1. The van der Waals surface area contributed by atoms with Gasteiger partial charge in [-0.15, -0.1) is 0 Å². The number of ether oxygens (including phenoxy) is 6. The largest absolute Gasteiger partial charge is 0.457 e. The van der Waals surface area contributed by atoms with Crippen LogP contribution in [0.25, 0.3) is 0 Å². The normalized spacial score (nSPS) is 28.3. The van der Waals surface area contributed by atoms with Crippen molar-refractivity contribution in [2.45, 2.75) is 191 Å². The highest BCUT2D eigenvalue weighted by atomic mass is 16.7. The Morgan fingerprint density at radius 2 is 1.08 bits per heavy atom. The molecule has 2 rings (SSSR count). The third kappa shape index (κ3) is 22.7. The molecule has 0 aromatic rings. The molecule has 2 fully saturated rings. The number of allylic oxidation sites excluding steroid dienone is 10. The molecular weight excluding hydrogens is 776 g/mol. The number of carbonyl (C=O) groups excluding carboxylic acids is 1. The first-order valence-electron chi connectivity index (χ1n) is 22.4. The number of aliphatic hydroxyl groups is 7. The van der Waals surface area contributed by atoms with E-state index in [1.165, 1.54) is 38.5 Å². The second-order valence-corrected chi connectivity index (χ2v) is 15.5. The molecule has 11 atom stereocenters. The maximum atomic E-state index is 12.9. The lowest BCUT2D eigenvalue weighted by molar-refractivity contribution is -0.332. The molecule has 0 aromatic heterocycles. The van der Waals surface area contributed by atoms with E-state index in [1.807, 2.05) is 12.2 Å². The van der Waals surface area contributed by atoms with Crippen molar-refractivity contribution in [1.82, 2.24) is 0 Å². The summed E-state index contributed by atoms with van der Waals surface area (Å²) in [4.78, 5) is 12.9. The highest BCUT2D eigenvalue weighted by Crippen LogP contribution is 2.26. The van der Waals surface area contributed by atoms with Crippen molar-refractivity contribution >= 4 is 5.97 Å². The van der Waals surface area contributed by atoms with E-state index in [0.717, 1.165) is 57.8 Å². The third-order valence-corrected chi connectivity index (χ3v) is 10.3. The molecule has 346 valence electrons. The molecule has 14 heteroatoms. The number of hydrogen-bond acceptors (Lipinski definition) is 14. The molecule has 2 heterocycles. The van der Waals surface area contributed by atoms with E-state index in [1.54, 1.807) is 0 Å². The van der Waals surface area contributed by atoms with Gasteiger partial charge in [-0.25, -0.2) is 0 Å². The maximum absolute atomic E-state index is 12.9. The molecule has 0 amide bonds. The molecule has 2 aliphatic heterocycles. The van der Waals surface area contributed by atoms with Crippen LogP contribution in [0.2, 0.25) is 0 Å². The molecule has 11 unspecified atom stereocenters. The Morgan fingerprint density at radius 3 is 1.70 bits per heavy atom. The highest BCUT2D eigenvalue weighted by molar-refractivity contribution is 5.69. The first-order valence-corrected chi connectivity index (χ1v) is 22.4. The van der Waals surface area contributed by atoms with Gasteiger partial charge in [0.05, 0.1) is 26.4 Å². The average molecular weight is 855 g/mol. The Hall–Kier alpha value is -2.31. The van der Waals surface area contributed by atoms with Crippen LogP contribution in [-0.4, -0.2) is 142 Å². The smallest absolute Gasteiger partial charge is 0.306 e. The molecular formula is C46H78O14. The Balaban J connectivity index is 1.86. The van der Waals surface area contributed by atoms with Crippen molar-refractivity contribution in [3.8, 4) is 0 Å². The molecule has 60 heavy (non-hydrogen) atoms. The number of rotatable bonds is 33. The van der Waals surface area contributed by atoms with Crippen LogP contribution in [0.5, 0.6) is 0 Å². The van der Waals surface area contributed by atoms with Crippen molar-refractivity contribution in [3.05, 3.63) is 60.8 Å². The fourth-order valence-corrected chi connectivity index (χ4v) is 6.58. The van der Waals surface area contributed by atoms with Crippen LogP contribution in [-0.2, 0) is 33.2 Å². The molecule has 0 saturated carbocycles. The van der Waals surface area contributed by atoms with Gasteiger partial charge in [-0.05, 0) is 64.2 Å². The first kappa shape index (κ1) is 53.8. The van der Waals surface area contributed by atoms with Gasteiger partial charge >= 0.3 is 5.97 Å². The van der Waals surface area contributed by atoms with Gasteiger partial charge in [0.2, 0.25) is 0 Å². The Bertz CT molecular complexity index is 1220. The van der Waals surface area contributed by atoms with Gasteiger partial charge in [-0.2, -0.15) is 0 Å². The van der Waals surface area contributed by atoms with E-state index in [0.29, 0.717) is 13.0 Å². The standard InChI is InChI=1S/C46H78O14/c1-3-5-7-9-11-13-15-17-19-21-23-25-27-29-38(48)58-35(32-55-30-28-26-24-22-20-18-16-14-12-10-8-6-4-2)33-56-45-44(54)42(52)40(50)37(60-45)34-57-46-43(53)41(51)39(49)36(31-47)59-46/h5,7,11-14,17,19,23,25,35-37,39-47,49-54H,3-4,6,8-10,15-16,18,20-22,24,26-34H2,1-2H3/b7-5-,13-11-,14-12-,19-17-,25-23-. The number of esters is 1. The zero-order chi connectivity index (χ0) is 43.8. The summed E-state index contributed by atoms with van der Waals surface area (Å²) in [5, 5.41) is 71.8. The van der Waals surface area contributed by atoms with Crippen LogP contribution in [0.3, 0.4) is 0 Å². The summed E-state index contributed by atoms with van der Waals surface area (Å²) in [5.41, 5.74) is 0. The van der Waals surface area contributed by atoms with Crippen LogP contribution in [0, 0.1) is 0 Å². The second-order valence-electron chi connectivity index (χ2n) is 15.5. The zero-order valence-electron chi connectivity index (χ0n) is 36.2. The fraction of sp³-hybridized carbons (Fsp3) is 0.761. The van der Waals surface area contributed by atoms with Gasteiger partial charge in [0.25, 0.3) is 0 Å². The Labute approximate surface area is 358 Å². The van der Waals surface area contributed by atoms with E-state index in [-0.39, 0.29) is 19.6 Å². The van der Waals surface area contributed by atoms with Crippen LogP contribution in [0.4, 0.5) is 0 Å². The van der Waals surface area contributed by atoms with Gasteiger partial charge in [-0.1, -0.05) is 113 Å². The van der Waals surface area contributed by atoms with Gasteiger partial charge in [0.1, 0.15) is 54.9 Å². The van der Waals surface area contributed by atoms with E-state index in [2.05, 4.69) is 62.5 Å². The molecule has 7 N–H and O–H groups in total. The zero-order valence-corrected chi connectivity index (χ0v) is 36.2. The van der Waals surface area contributed by atoms with Crippen molar-refractivity contribution in [2.24, 2.45) is 0 Å². The van der Waals surface area contributed by atoms with E-state index < -0.39 is 86.7 Å². The number of hydrogen-bond donors (Lipinski definition) is 7. The van der Waals surface area contributed by atoms with E-state index in [9.17, 15) is 40.5 Å². The molecule has 2 aliphatic rings.